The number of hydrogen-bond acceptors (Lipinski definition) is 2. The molecule has 24 heavy (non-hydrogen) atoms. The summed E-state index contributed by atoms with van der Waals surface area (Å²) < 4.78 is 6.08. The van der Waals surface area contributed by atoms with Crippen LogP contribution in [0.25, 0.3) is 0 Å². The first-order valence-electron chi connectivity index (χ1n) is 8.76. The molecular weight excluding hydrogens is 296 g/mol. The van der Waals surface area contributed by atoms with Crippen molar-refractivity contribution in [2.24, 2.45) is 4.99 Å². The number of allylic oxidation sites excluding steroid dienone is 3. The normalized spacial score (nSPS) is 18.8. The van der Waals surface area contributed by atoms with E-state index in [0.717, 1.165) is 25.3 Å². The fourth-order valence-electron chi connectivity index (χ4n) is 2.88. The quantitative estimate of drug-likeness (QED) is 0.425. The Bertz CT molecular complexity index is 671. The summed E-state index contributed by atoms with van der Waals surface area (Å²) in [6.45, 7) is 12.3. The van der Waals surface area contributed by atoms with Crippen LogP contribution in [0.1, 0.15) is 50.5 Å². The van der Waals surface area contributed by atoms with Gasteiger partial charge in [-0.2, -0.15) is 0 Å². The molecular formula is C21H30N2O. The Kier molecular flexibility index (Phi) is 6.38. The second-order valence-electron chi connectivity index (χ2n) is 6.58. The van der Waals surface area contributed by atoms with Crippen LogP contribution in [-0.2, 0) is 11.2 Å². The molecule has 0 amide bonds. The number of benzene rings is 1. The highest BCUT2D eigenvalue weighted by atomic mass is 16.5. The first-order chi connectivity index (χ1) is 11.5. The molecule has 1 atom stereocenters. The van der Waals surface area contributed by atoms with Crippen molar-refractivity contribution < 1.29 is 4.74 Å². The predicted molar refractivity (Wildman–Crippen MR) is 103 cm³/mol. The monoisotopic (exact) mass is 326 g/mol. The maximum atomic E-state index is 6.08. The molecule has 3 nitrogen and oxygen atoms in total. The number of aliphatic imine (C=N–C) groups is 1. The average molecular weight is 326 g/mol. The van der Waals surface area contributed by atoms with Gasteiger partial charge in [-0.25, -0.2) is 4.99 Å². The molecule has 1 aromatic carbocycles. The molecule has 0 saturated carbocycles. The zero-order chi connectivity index (χ0) is 17.7. The lowest BCUT2D eigenvalue weighted by atomic mass is 9.90. The lowest BCUT2D eigenvalue weighted by Crippen LogP contribution is -2.18. The van der Waals surface area contributed by atoms with Crippen molar-refractivity contribution in [1.82, 2.24) is 4.90 Å². The van der Waals surface area contributed by atoms with E-state index in [2.05, 4.69) is 68.8 Å². The van der Waals surface area contributed by atoms with Crippen molar-refractivity contribution in [3.63, 3.8) is 0 Å². The van der Waals surface area contributed by atoms with Gasteiger partial charge >= 0.3 is 0 Å². The Balaban J connectivity index is 2.36. The standard InChI is InChI=1S/C21H30N2O/c1-7-15(3)11-17(5)21-19-12-16(4)20(22-14-23(6)8-2)13-18(19)9-10-24-21/h7,11-14,21H,8-10H2,1-6H3/b15-7-,17-11+,22-14+. The molecule has 1 aliphatic heterocycles. The molecule has 0 aromatic heterocycles. The molecule has 1 aromatic rings. The molecule has 2 rings (SSSR count). The number of rotatable bonds is 5. The Morgan fingerprint density at radius 1 is 1.38 bits per heavy atom. The summed E-state index contributed by atoms with van der Waals surface area (Å²) >= 11 is 0. The fraction of sp³-hybridized carbons (Fsp3) is 0.476. The van der Waals surface area contributed by atoms with Gasteiger partial charge in [0.15, 0.2) is 0 Å². The highest BCUT2D eigenvalue weighted by Crippen LogP contribution is 2.36. The first-order valence-corrected chi connectivity index (χ1v) is 8.76. The van der Waals surface area contributed by atoms with Gasteiger partial charge in [-0.15, -0.1) is 0 Å². The van der Waals surface area contributed by atoms with Crippen LogP contribution in [-0.4, -0.2) is 31.4 Å². The van der Waals surface area contributed by atoms with E-state index in [-0.39, 0.29) is 6.10 Å². The number of hydrogen-bond donors (Lipinski definition) is 0. The minimum atomic E-state index is 0.0543. The summed E-state index contributed by atoms with van der Waals surface area (Å²) in [5.74, 6) is 0. The summed E-state index contributed by atoms with van der Waals surface area (Å²) in [4.78, 5) is 6.73. The maximum Gasteiger partial charge on any atom is 0.104 e. The van der Waals surface area contributed by atoms with Gasteiger partial charge in [-0.1, -0.05) is 23.8 Å². The van der Waals surface area contributed by atoms with E-state index in [1.807, 2.05) is 13.4 Å². The van der Waals surface area contributed by atoms with Crippen LogP contribution >= 0.6 is 0 Å². The van der Waals surface area contributed by atoms with Crippen molar-refractivity contribution in [3.8, 4) is 0 Å². The Labute approximate surface area is 146 Å². The third-order valence-electron chi connectivity index (χ3n) is 4.61. The lowest BCUT2D eigenvalue weighted by Gasteiger charge is -2.28. The van der Waals surface area contributed by atoms with Crippen LogP contribution in [0.15, 0.2) is 40.4 Å². The van der Waals surface area contributed by atoms with Gasteiger partial charge in [0.1, 0.15) is 6.10 Å². The molecule has 1 aliphatic rings. The van der Waals surface area contributed by atoms with E-state index >= 15 is 0 Å². The van der Waals surface area contributed by atoms with E-state index < -0.39 is 0 Å². The summed E-state index contributed by atoms with van der Waals surface area (Å²) in [6.07, 6.45) is 7.26. The second-order valence-corrected chi connectivity index (χ2v) is 6.58. The largest absolute Gasteiger partial charge is 0.369 e. The Hall–Kier alpha value is -1.87. The second kappa shape index (κ2) is 8.29. The number of ether oxygens (including phenoxy) is 1. The van der Waals surface area contributed by atoms with E-state index in [0.29, 0.717) is 0 Å². The molecule has 0 N–H and O–H groups in total. The van der Waals surface area contributed by atoms with Gasteiger partial charge in [0, 0.05) is 13.6 Å². The molecule has 130 valence electrons. The van der Waals surface area contributed by atoms with Gasteiger partial charge < -0.3 is 9.64 Å². The molecule has 3 heteroatoms. The van der Waals surface area contributed by atoms with Crippen LogP contribution in [0.4, 0.5) is 5.69 Å². The van der Waals surface area contributed by atoms with E-state index in [9.17, 15) is 0 Å². The van der Waals surface area contributed by atoms with Crippen LogP contribution in [0.5, 0.6) is 0 Å². The number of nitrogens with zero attached hydrogens (tertiary/aromatic N) is 2. The van der Waals surface area contributed by atoms with Gasteiger partial charge in [-0.3, -0.25) is 0 Å². The van der Waals surface area contributed by atoms with Crippen LogP contribution in [0.2, 0.25) is 0 Å². The average Bonchev–Trinajstić information content (AvgIpc) is 2.58. The Morgan fingerprint density at radius 2 is 2.12 bits per heavy atom. The topological polar surface area (TPSA) is 24.8 Å². The van der Waals surface area contributed by atoms with Crippen molar-refractivity contribution >= 4 is 12.0 Å². The fourth-order valence-corrected chi connectivity index (χ4v) is 2.88. The van der Waals surface area contributed by atoms with Gasteiger partial charge in [-0.05, 0) is 69.4 Å². The van der Waals surface area contributed by atoms with Gasteiger partial charge in [0.2, 0.25) is 0 Å². The smallest absolute Gasteiger partial charge is 0.104 e. The van der Waals surface area contributed by atoms with E-state index in [4.69, 9.17) is 4.74 Å². The maximum absolute atomic E-state index is 6.08. The highest BCUT2D eigenvalue weighted by Gasteiger charge is 2.23. The molecule has 0 aliphatic carbocycles. The van der Waals surface area contributed by atoms with Crippen LogP contribution in [0.3, 0.4) is 0 Å². The minimum absolute atomic E-state index is 0.0543. The minimum Gasteiger partial charge on any atom is -0.369 e. The van der Waals surface area contributed by atoms with Crippen molar-refractivity contribution in [1.29, 1.82) is 0 Å². The molecule has 0 spiro atoms. The van der Waals surface area contributed by atoms with Crippen LogP contribution < -0.4 is 0 Å². The third kappa shape index (κ3) is 4.35. The Morgan fingerprint density at radius 3 is 2.79 bits per heavy atom. The van der Waals surface area contributed by atoms with E-state index in [1.54, 1.807) is 0 Å². The lowest BCUT2D eigenvalue weighted by molar-refractivity contribution is 0.0670. The van der Waals surface area contributed by atoms with Gasteiger partial charge in [0.05, 0.1) is 18.6 Å². The molecule has 1 unspecified atom stereocenters. The SMILES string of the molecule is C/C=C(C)\C=C(/C)C1OCCc2cc(/N=C/N(C)CC)c(C)cc21. The summed E-state index contributed by atoms with van der Waals surface area (Å²) in [5.41, 5.74) is 7.42. The van der Waals surface area contributed by atoms with Crippen molar-refractivity contribution in [2.45, 2.75) is 47.1 Å². The van der Waals surface area contributed by atoms with Crippen LogP contribution in [0, 0.1) is 6.92 Å². The number of fused-ring (bicyclic) bond motifs is 1. The summed E-state index contributed by atoms with van der Waals surface area (Å²) in [7, 11) is 2.04. The summed E-state index contributed by atoms with van der Waals surface area (Å²) in [5, 5.41) is 0. The molecule has 0 radical (unpaired) electrons. The molecule has 0 saturated heterocycles. The first kappa shape index (κ1) is 18.5. The third-order valence-corrected chi connectivity index (χ3v) is 4.61. The van der Waals surface area contributed by atoms with E-state index in [1.165, 1.54) is 27.8 Å². The van der Waals surface area contributed by atoms with Gasteiger partial charge in [0.25, 0.3) is 0 Å². The zero-order valence-electron chi connectivity index (χ0n) is 15.9. The molecule has 0 bridgehead atoms. The van der Waals surface area contributed by atoms with Crippen molar-refractivity contribution in [3.05, 3.63) is 52.1 Å². The van der Waals surface area contributed by atoms with Crippen molar-refractivity contribution in [2.75, 3.05) is 20.2 Å². The molecule has 0 fully saturated rings. The number of aryl methyl sites for hydroxylation is 1. The highest BCUT2D eigenvalue weighted by molar-refractivity contribution is 5.64. The summed E-state index contributed by atoms with van der Waals surface area (Å²) in [6, 6.07) is 4.48. The predicted octanol–water partition coefficient (Wildman–Crippen LogP) is 5.13. The molecule has 1 heterocycles. The zero-order valence-corrected chi connectivity index (χ0v) is 15.9.